The van der Waals surface area contributed by atoms with Crippen molar-refractivity contribution in [3.8, 4) is 46.3 Å². The van der Waals surface area contributed by atoms with Crippen LogP contribution in [0.1, 0.15) is 30.6 Å². The first-order valence-electron chi connectivity index (χ1n) is 17.2. The summed E-state index contributed by atoms with van der Waals surface area (Å²) in [5.74, 6) is -0.783. The molecule has 2 N–H and O–H groups in total. The van der Waals surface area contributed by atoms with Gasteiger partial charge >= 0.3 is 11.9 Å². The molecule has 274 valence electrons. The summed E-state index contributed by atoms with van der Waals surface area (Å²) in [6.07, 6.45) is 10.3. The fourth-order valence-corrected chi connectivity index (χ4v) is 8.47. The zero-order valence-electron chi connectivity index (χ0n) is 29.1. The van der Waals surface area contributed by atoms with Gasteiger partial charge in [0.05, 0.1) is 30.5 Å². The van der Waals surface area contributed by atoms with Gasteiger partial charge in [0.25, 0.3) is 0 Å². The molecule has 0 unspecified atom stereocenters. The lowest BCUT2D eigenvalue weighted by molar-refractivity contribution is -0.133. The van der Waals surface area contributed by atoms with Gasteiger partial charge in [-0.2, -0.15) is 10.5 Å². The third-order valence-electron chi connectivity index (χ3n) is 8.89. The number of fused-ring (bicyclic) bond motifs is 4. The zero-order chi connectivity index (χ0) is 38.8. The first-order chi connectivity index (χ1) is 27.3. The summed E-state index contributed by atoms with van der Waals surface area (Å²) in [5, 5.41) is 39.4. The smallest absolute Gasteiger partial charge is 0.346 e. The van der Waals surface area contributed by atoms with E-state index >= 15 is 0 Å². The number of carboxylic acids is 2. The van der Waals surface area contributed by atoms with Gasteiger partial charge in [-0.15, -0.1) is 22.7 Å². The van der Waals surface area contributed by atoms with Gasteiger partial charge in [0.1, 0.15) is 49.7 Å². The maximum atomic E-state index is 11.5. The largest absolute Gasteiger partial charge is 0.485 e. The lowest BCUT2D eigenvalue weighted by atomic mass is 9.94. The van der Waals surface area contributed by atoms with Crippen LogP contribution in [-0.4, -0.2) is 53.6 Å². The molecular weight excluding hydrogens is 751 g/mol. The fraction of sp³-hybridized carbons (Fsp3) is 0.0930. The summed E-state index contributed by atoms with van der Waals surface area (Å²) < 4.78 is 23.5. The average molecular weight is 778 g/mol. The van der Waals surface area contributed by atoms with Crippen LogP contribution in [0.4, 0.5) is 0 Å². The Morgan fingerprint density at radius 3 is 1.45 bits per heavy atom. The molecule has 0 atom stereocenters. The number of nitriles is 2. The van der Waals surface area contributed by atoms with Crippen molar-refractivity contribution in [3.63, 3.8) is 0 Å². The van der Waals surface area contributed by atoms with Gasteiger partial charge in [0, 0.05) is 16.3 Å². The van der Waals surface area contributed by atoms with Crippen LogP contribution in [0.15, 0.2) is 77.9 Å². The number of pyridine rings is 1. The summed E-state index contributed by atoms with van der Waals surface area (Å²) in [6, 6.07) is 25.6. The van der Waals surface area contributed by atoms with Crippen LogP contribution in [0.3, 0.4) is 0 Å². The van der Waals surface area contributed by atoms with Crippen molar-refractivity contribution in [2.75, 3.05) is 26.4 Å². The lowest BCUT2D eigenvalue weighted by Crippen LogP contribution is -2.15. The van der Waals surface area contributed by atoms with Crippen LogP contribution in [0.25, 0.3) is 69.4 Å². The number of aliphatic carboxylic acids is 2. The van der Waals surface area contributed by atoms with E-state index in [4.69, 9.17) is 23.9 Å². The summed E-state index contributed by atoms with van der Waals surface area (Å²) in [5.41, 5.74) is 4.62. The Balaban J connectivity index is 1.20. The molecule has 13 heteroatoms. The first kappa shape index (κ1) is 35.8. The molecule has 3 aromatic heterocycles. The molecule has 0 spiro atoms. The Hall–Kier alpha value is -7.19. The first-order valence-corrected chi connectivity index (χ1v) is 18.8. The summed E-state index contributed by atoms with van der Waals surface area (Å²) >= 11 is 2.56. The van der Waals surface area contributed by atoms with Crippen LogP contribution < -0.4 is 18.9 Å². The SMILES string of the molecule is N#C/C(=C\c1sc(/C=C/c2ccc3nc4ccc(/C=C/c5sc(/C=C(\C#N)C(=O)O)c6c5OCCO6)cc4c(-c4ccccc4)c3c2)c2c1OCCO2)C(=O)O. The van der Waals surface area contributed by atoms with Crippen molar-refractivity contribution >= 4 is 92.9 Å². The molecule has 0 amide bonds. The summed E-state index contributed by atoms with van der Waals surface area (Å²) in [7, 11) is 0. The number of aromatic nitrogens is 1. The van der Waals surface area contributed by atoms with Gasteiger partial charge in [-0.25, -0.2) is 14.6 Å². The van der Waals surface area contributed by atoms with E-state index in [1.165, 1.54) is 34.8 Å². The van der Waals surface area contributed by atoms with Crippen LogP contribution in [0.5, 0.6) is 23.0 Å². The third kappa shape index (κ3) is 6.96. The maximum Gasteiger partial charge on any atom is 0.346 e. The molecule has 3 aromatic carbocycles. The van der Waals surface area contributed by atoms with Gasteiger partial charge in [-0.05, 0) is 65.3 Å². The average Bonchev–Trinajstić information content (AvgIpc) is 3.76. The minimum absolute atomic E-state index is 0.310. The molecule has 56 heavy (non-hydrogen) atoms. The topological polar surface area (TPSA) is 172 Å². The van der Waals surface area contributed by atoms with E-state index in [9.17, 15) is 30.3 Å². The van der Waals surface area contributed by atoms with Crippen molar-refractivity contribution in [2.45, 2.75) is 0 Å². The minimum Gasteiger partial charge on any atom is -0.485 e. The van der Waals surface area contributed by atoms with Gasteiger partial charge in [0.15, 0.2) is 23.0 Å². The summed E-state index contributed by atoms with van der Waals surface area (Å²) in [4.78, 5) is 30.5. The molecule has 6 aromatic rings. The highest BCUT2D eigenvalue weighted by atomic mass is 32.1. The van der Waals surface area contributed by atoms with Crippen LogP contribution in [0, 0.1) is 22.7 Å². The molecule has 0 aliphatic carbocycles. The van der Waals surface area contributed by atoms with Crippen LogP contribution >= 0.6 is 22.7 Å². The van der Waals surface area contributed by atoms with Gasteiger partial charge < -0.3 is 29.2 Å². The van der Waals surface area contributed by atoms with Crippen molar-refractivity contribution in [1.82, 2.24) is 4.98 Å². The number of thiophene rings is 2. The van der Waals surface area contributed by atoms with E-state index in [1.807, 2.05) is 66.8 Å². The Morgan fingerprint density at radius 2 is 1.04 bits per heavy atom. The second kappa shape index (κ2) is 15.3. The van der Waals surface area contributed by atoms with Crippen LogP contribution in [-0.2, 0) is 9.59 Å². The number of ether oxygens (including phenoxy) is 4. The standard InChI is InChI=1S/C43H27N3O8S2/c44-22-27(42(47)48)20-35-40-38(51-14-16-53-40)33(55-35)12-8-24-6-10-31-29(18-24)37(26-4-2-1-3-5-26)30-19-25(7-11-32(30)46-31)9-13-34-39-41(54-17-15-52-39)36(56-34)21-28(23-45)43(49)50/h1-13,18-21H,14-17H2,(H,47,48)(H,49,50)/b12-8+,13-9+,27-20+,28-21+. The van der Waals surface area contributed by atoms with E-state index in [2.05, 4.69) is 24.3 Å². The molecule has 0 saturated carbocycles. The number of rotatable bonds is 9. The third-order valence-corrected chi connectivity index (χ3v) is 11.0. The number of nitrogens with zero attached hydrogens (tertiary/aromatic N) is 3. The van der Waals surface area contributed by atoms with Gasteiger partial charge in [-0.1, -0.05) is 54.6 Å². The molecule has 5 heterocycles. The quantitative estimate of drug-likeness (QED) is 0.0815. The molecule has 0 bridgehead atoms. The normalized spacial score (nSPS) is 14.0. The van der Waals surface area contributed by atoms with E-state index < -0.39 is 23.1 Å². The van der Waals surface area contributed by atoms with E-state index in [0.29, 0.717) is 59.2 Å². The summed E-state index contributed by atoms with van der Waals surface area (Å²) in [6.45, 7) is 1.31. The van der Waals surface area contributed by atoms with Gasteiger partial charge in [0.2, 0.25) is 0 Å². The molecule has 0 fully saturated rings. The second-order valence-electron chi connectivity index (χ2n) is 12.4. The number of carbonyl (C=O) groups is 2. The highest BCUT2D eigenvalue weighted by Crippen LogP contribution is 2.47. The number of carboxylic acid groups (broad SMARTS) is 2. The maximum absolute atomic E-state index is 11.5. The monoisotopic (exact) mass is 777 g/mol. The second-order valence-corrected chi connectivity index (χ2v) is 14.6. The highest BCUT2D eigenvalue weighted by molar-refractivity contribution is 7.15. The Labute approximate surface area is 327 Å². The van der Waals surface area contributed by atoms with E-state index in [0.717, 1.165) is 53.8 Å². The highest BCUT2D eigenvalue weighted by Gasteiger charge is 2.25. The van der Waals surface area contributed by atoms with Gasteiger partial charge in [-0.3, -0.25) is 0 Å². The van der Waals surface area contributed by atoms with Crippen LogP contribution in [0.2, 0.25) is 0 Å². The van der Waals surface area contributed by atoms with E-state index in [-0.39, 0.29) is 0 Å². The molecule has 0 saturated heterocycles. The van der Waals surface area contributed by atoms with E-state index in [1.54, 1.807) is 12.1 Å². The van der Waals surface area contributed by atoms with Crippen molar-refractivity contribution < 1.29 is 38.7 Å². The predicted molar refractivity (Wildman–Crippen MR) is 216 cm³/mol. The Morgan fingerprint density at radius 1 is 0.607 bits per heavy atom. The van der Waals surface area contributed by atoms with Crippen molar-refractivity contribution in [3.05, 3.63) is 109 Å². The number of benzene rings is 3. The zero-order valence-corrected chi connectivity index (χ0v) is 30.8. The lowest BCUT2D eigenvalue weighted by Gasteiger charge is -2.16. The Kier molecular flexibility index (Phi) is 9.77. The fourth-order valence-electron chi connectivity index (χ4n) is 6.39. The molecule has 2 aliphatic rings. The molecule has 2 aliphatic heterocycles. The van der Waals surface area contributed by atoms with Crippen molar-refractivity contribution in [2.24, 2.45) is 0 Å². The Bertz CT molecular complexity index is 2630. The molecule has 0 radical (unpaired) electrons. The molecule has 8 rings (SSSR count). The molecule has 11 nitrogen and oxygen atoms in total. The number of hydrogen-bond donors (Lipinski definition) is 2. The van der Waals surface area contributed by atoms with Crippen molar-refractivity contribution in [1.29, 1.82) is 10.5 Å². The minimum atomic E-state index is -1.32. The number of hydrogen-bond acceptors (Lipinski definition) is 11. The predicted octanol–water partition coefficient (Wildman–Crippen LogP) is 9.04. The molecular formula is C43H27N3O8S2.